The lowest BCUT2D eigenvalue weighted by atomic mass is 10.2. The Morgan fingerprint density at radius 3 is 2.56 bits per heavy atom. The van der Waals surface area contributed by atoms with Gasteiger partial charge in [0.25, 0.3) is 5.69 Å². The molecule has 1 aromatic carbocycles. The van der Waals surface area contributed by atoms with Crippen LogP contribution in [0.3, 0.4) is 0 Å². The van der Waals surface area contributed by atoms with E-state index in [1.165, 1.54) is 6.07 Å². The number of hydrogen-bond donors (Lipinski definition) is 1. The highest BCUT2D eigenvalue weighted by Crippen LogP contribution is 2.23. The van der Waals surface area contributed by atoms with E-state index in [9.17, 15) is 18.5 Å². The van der Waals surface area contributed by atoms with Crippen LogP contribution >= 0.6 is 0 Å². The van der Waals surface area contributed by atoms with E-state index >= 15 is 0 Å². The van der Waals surface area contributed by atoms with Gasteiger partial charge in [-0.3, -0.25) is 10.1 Å². The predicted octanol–water partition coefficient (Wildman–Crippen LogP) is 1.83. The summed E-state index contributed by atoms with van der Waals surface area (Å²) in [7, 11) is -3.10. The first-order valence-electron chi connectivity index (χ1n) is 5.56. The van der Waals surface area contributed by atoms with E-state index in [-0.39, 0.29) is 23.2 Å². The Bertz CT molecular complexity index is 528. The van der Waals surface area contributed by atoms with Gasteiger partial charge in [-0.05, 0) is 13.0 Å². The van der Waals surface area contributed by atoms with Gasteiger partial charge in [-0.1, -0.05) is 19.1 Å². The van der Waals surface area contributed by atoms with Crippen molar-refractivity contribution in [3.05, 3.63) is 34.4 Å². The van der Waals surface area contributed by atoms with Crippen molar-refractivity contribution >= 4 is 21.2 Å². The molecule has 0 radical (unpaired) electrons. The molecule has 1 aromatic rings. The third-order valence-corrected chi connectivity index (χ3v) is 4.33. The number of nitrogens with one attached hydrogen (secondary N) is 1. The standard InChI is InChI=1S/C11H16N2O4S/c1-3-18(16,17)8-9(2)12-10-6-4-5-7-11(10)13(14)15/h4-7,9,12H,3,8H2,1-2H3. The number of benzene rings is 1. The maximum Gasteiger partial charge on any atom is 0.292 e. The molecule has 0 aromatic heterocycles. The molecule has 7 heteroatoms. The van der Waals surface area contributed by atoms with Crippen LogP contribution in [0.2, 0.25) is 0 Å². The van der Waals surface area contributed by atoms with Crippen LogP contribution in [-0.2, 0) is 9.84 Å². The van der Waals surface area contributed by atoms with Crippen molar-refractivity contribution in [2.75, 3.05) is 16.8 Å². The average molecular weight is 272 g/mol. The number of para-hydroxylation sites is 2. The second kappa shape index (κ2) is 5.81. The molecular weight excluding hydrogens is 256 g/mol. The third kappa shape index (κ3) is 3.99. The lowest BCUT2D eigenvalue weighted by Gasteiger charge is -2.14. The number of hydrogen-bond acceptors (Lipinski definition) is 5. The van der Waals surface area contributed by atoms with Crippen molar-refractivity contribution in [3.63, 3.8) is 0 Å². The SMILES string of the molecule is CCS(=O)(=O)CC(C)Nc1ccccc1[N+](=O)[O-]. The van der Waals surface area contributed by atoms with Crippen molar-refractivity contribution < 1.29 is 13.3 Å². The van der Waals surface area contributed by atoms with Gasteiger partial charge in [0.2, 0.25) is 0 Å². The first kappa shape index (κ1) is 14.4. The number of nitro benzene ring substituents is 1. The second-order valence-electron chi connectivity index (χ2n) is 4.02. The van der Waals surface area contributed by atoms with E-state index < -0.39 is 14.8 Å². The molecule has 0 heterocycles. The van der Waals surface area contributed by atoms with Gasteiger partial charge < -0.3 is 5.32 Å². The summed E-state index contributed by atoms with van der Waals surface area (Å²) in [6, 6.07) is 5.79. The lowest BCUT2D eigenvalue weighted by molar-refractivity contribution is -0.384. The van der Waals surface area contributed by atoms with Gasteiger partial charge in [0.05, 0.1) is 10.7 Å². The summed E-state index contributed by atoms with van der Waals surface area (Å²) in [5.74, 6) is 0.0193. The summed E-state index contributed by atoms with van der Waals surface area (Å²) < 4.78 is 22.9. The first-order chi connectivity index (χ1) is 8.35. The molecule has 0 saturated carbocycles. The van der Waals surface area contributed by atoms with Crippen LogP contribution in [0.25, 0.3) is 0 Å². The summed E-state index contributed by atoms with van der Waals surface area (Å²) in [6.07, 6.45) is 0. The molecule has 1 unspecified atom stereocenters. The predicted molar refractivity (Wildman–Crippen MR) is 70.5 cm³/mol. The molecule has 18 heavy (non-hydrogen) atoms. The van der Waals surface area contributed by atoms with Crippen LogP contribution < -0.4 is 5.32 Å². The number of rotatable bonds is 6. The number of anilines is 1. The molecule has 0 bridgehead atoms. The fraction of sp³-hybridized carbons (Fsp3) is 0.455. The third-order valence-electron chi connectivity index (χ3n) is 2.45. The van der Waals surface area contributed by atoms with Gasteiger partial charge in [0.15, 0.2) is 9.84 Å². The molecule has 0 saturated heterocycles. The quantitative estimate of drug-likeness (QED) is 0.630. The van der Waals surface area contributed by atoms with Crippen LogP contribution in [-0.4, -0.2) is 30.9 Å². The molecule has 1 N–H and O–H groups in total. The Labute approximate surface area is 106 Å². The number of sulfone groups is 1. The zero-order valence-electron chi connectivity index (χ0n) is 10.3. The van der Waals surface area contributed by atoms with Crippen molar-refractivity contribution in [1.82, 2.24) is 0 Å². The summed E-state index contributed by atoms with van der Waals surface area (Å²) in [5.41, 5.74) is 0.277. The highest BCUT2D eigenvalue weighted by Gasteiger charge is 2.17. The Hall–Kier alpha value is -1.63. The Morgan fingerprint density at radius 2 is 2.00 bits per heavy atom. The van der Waals surface area contributed by atoms with Gasteiger partial charge in [0.1, 0.15) is 5.69 Å². The minimum Gasteiger partial charge on any atom is -0.376 e. The zero-order chi connectivity index (χ0) is 13.8. The average Bonchev–Trinajstić information content (AvgIpc) is 2.28. The molecule has 0 fully saturated rings. The monoisotopic (exact) mass is 272 g/mol. The van der Waals surface area contributed by atoms with Crippen molar-refractivity contribution in [1.29, 1.82) is 0 Å². The van der Waals surface area contributed by atoms with E-state index in [1.54, 1.807) is 32.0 Å². The largest absolute Gasteiger partial charge is 0.376 e. The zero-order valence-corrected chi connectivity index (χ0v) is 11.1. The fourth-order valence-electron chi connectivity index (χ4n) is 1.56. The van der Waals surface area contributed by atoms with Gasteiger partial charge in [-0.25, -0.2) is 8.42 Å². The van der Waals surface area contributed by atoms with E-state index in [1.807, 2.05) is 0 Å². The molecule has 1 atom stereocenters. The summed E-state index contributed by atoms with van der Waals surface area (Å²) >= 11 is 0. The second-order valence-corrected chi connectivity index (χ2v) is 6.42. The minimum absolute atomic E-state index is 0.0461. The van der Waals surface area contributed by atoms with Crippen LogP contribution in [0, 0.1) is 10.1 Å². The Balaban J connectivity index is 2.82. The van der Waals surface area contributed by atoms with Gasteiger partial charge >= 0.3 is 0 Å². The summed E-state index contributed by atoms with van der Waals surface area (Å²) in [6.45, 7) is 3.26. The Kier molecular flexibility index (Phi) is 4.66. The van der Waals surface area contributed by atoms with Crippen LogP contribution in [0.4, 0.5) is 11.4 Å². The highest BCUT2D eigenvalue weighted by atomic mass is 32.2. The Morgan fingerprint density at radius 1 is 1.39 bits per heavy atom. The van der Waals surface area contributed by atoms with Crippen molar-refractivity contribution in [2.45, 2.75) is 19.9 Å². The maximum absolute atomic E-state index is 11.4. The van der Waals surface area contributed by atoms with Crippen LogP contribution in [0.15, 0.2) is 24.3 Å². The first-order valence-corrected chi connectivity index (χ1v) is 7.38. The van der Waals surface area contributed by atoms with Crippen molar-refractivity contribution in [2.24, 2.45) is 0 Å². The van der Waals surface area contributed by atoms with Gasteiger partial charge in [0, 0.05) is 17.9 Å². The highest BCUT2D eigenvalue weighted by molar-refractivity contribution is 7.91. The van der Waals surface area contributed by atoms with Crippen molar-refractivity contribution in [3.8, 4) is 0 Å². The molecule has 100 valence electrons. The molecule has 0 aliphatic rings. The number of nitro groups is 1. The molecule has 6 nitrogen and oxygen atoms in total. The van der Waals surface area contributed by atoms with E-state index in [0.29, 0.717) is 5.69 Å². The maximum atomic E-state index is 11.4. The van der Waals surface area contributed by atoms with Crippen LogP contribution in [0.5, 0.6) is 0 Å². The van der Waals surface area contributed by atoms with Gasteiger partial charge in [-0.2, -0.15) is 0 Å². The topological polar surface area (TPSA) is 89.3 Å². The van der Waals surface area contributed by atoms with E-state index in [0.717, 1.165) is 0 Å². The molecule has 1 rings (SSSR count). The molecule has 0 amide bonds. The lowest BCUT2D eigenvalue weighted by Crippen LogP contribution is -2.27. The normalized spacial score (nSPS) is 13.0. The smallest absolute Gasteiger partial charge is 0.292 e. The minimum atomic E-state index is -3.10. The fourth-order valence-corrected chi connectivity index (χ4v) is 2.64. The van der Waals surface area contributed by atoms with E-state index in [2.05, 4.69) is 5.32 Å². The molecule has 0 spiro atoms. The number of nitrogens with zero attached hydrogens (tertiary/aromatic N) is 1. The summed E-state index contributed by atoms with van der Waals surface area (Å²) in [5, 5.41) is 13.7. The summed E-state index contributed by atoms with van der Waals surface area (Å²) in [4.78, 5) is 10.3. The van der Waals surface area contributed by atoms with Crippen LogP contribution in [0.1, 0.15) is 13.8 Å². The van der Waals surface area contributed by atoms with Gasteiger partial charge in [-0.15, -0.1) is 0 Å². The van der Waals surface area contributed by atoms with E-state index in [4.69, 9.17) is 0 Å². The molecule has 0 aliphatic carbocycles. The molecular formula is C11H16N2O4S. The molecule has 0 aliphatic heterocycles.